The largest absolute Gasteiger partial charge is 0.351 e. The summed E-state index contributed by atoms with van der Waals surface area (Å²) >= 11 is 0. The van der Waals surface area contributed by atoms with Crippen LogP contribution in [0.5, 0.6) is 0 Å². The summed E-state index contributed by atoms with van der Waals surface area (Å²) in [7, 11) is 0. The zero-order chi connectivity index (χ0) is 13.2. The van der Waals surface area contributed by atoms with Crippen molar-refractivity contribution in [3.63, 3.8) is 0 Å². The first kappa shape index (κ1) is 11.5. The second-order valence-corrected chi connectivity index (χ2v) is 4.48. The fourth-order valence-corrected chi connectivity index (χ4v) is 2.02. The van der Waals surface area contributed by atoms with Gasteiger partial charge in [-0.3, -0.25) is 9.78 Å². The minimum Gasteiger partial charge on any atom is -0.351 e. The van der Waals surface area contributed by atoms with E-state index < -0.39 is 0 Å². The van der Waals surface area contributed by atoms with Crippen LogP contribution >= 0.6 is 0 Å². The number of hydrogen-bond donors (Lipinski definition) is 2. The lowest BCUT2D eigenvalue weighted by Gasteiger charge is -2.03. The second kappa shape index (κ2) is 4.57. The van der Waals surface area contributed by atoms with Gasteiger partial charge in [-0.1, -0.05) is 18.2 Å². The molecule has 2 aromatic heterocycles. The number of benzene rings is 1. The number of carbonyl (C=O) groups excluding carboxylic acids is 1. The Morgan fingerprint density at radius 1 is 1.21 bits per heavy atom. The molecule has 0 aliphatic rings. The van der Waals surface area contributed by atoms with E-state index in [4.69, 9.17) is 0 Å². The maximum absolute atomic E-state index is 12.1. The van der Waals surface area contributed by atoms with Crippen molar-refractivity contribution in [3.8, 4) is 0 Å². The number of aromatic amines is 1. The smallest absolute Gasteiger partial charge is 0.272 e. The molecule has 0 spiro atoms. The molecule has 0 aliphatic carbocycles. The van der Waals surface area contributed by atoms with Crippen LogP contribution < -0.4 is 5.32 Å². The number of carbonyl (C=O) groups is 1. The zero-order valence-corrected chi connectivity index (χ0v) is 10.5. The summed E-state index contributed by atoms with van der Waals surface area (Å²) < 4.78 is 0. The molecule has 4 heteroatoms. The summed E-state index contributed by atoms with van der Waals surface area (Å²) in [5, 5.41) is 3.85. The Balaban J connectivity index is 1.87. The predicted molar refractivity (Wildman–Crippen MR) is 75.2 cm³/mol. The third-order valence-corrected chi connectivity index (χ3v) is 2.91. The van der Waals surface area contributed by atoms with Crippen LogP contribution in [-0.4, -0.2) is 15.9 Å². The number of rotatable bonds is 2. The van der Waals surface area contributed by atoms with E-state index in [2.05, 4.69) is 15.3 Å². The van der Waals surface area contributed by atoms with Crippen LogP contribution in [0.1, 0.15) is 16.1 Å². The average Bonchev–Trinajstić information content (AvgIpc) is 2.82. The van der Waals surface area contributed by atoms with Crippen LogP contribution in [0.3, 0.4) is 0 Å². The van der Waals surface area contributed by atoms with Gasteiger partial charge in [0.25, 0.3) is 5.91 Å². The highest BCUT2D eigenvalue weighted by Crippen LogP contribution is 2.16. The van der Waals surface area contributed by atoms with E-state index in [-0.39, 0.29) is 5.91 Å². The second-order valence-electron chi connectivity index (χ2n) is 4.48. The maximum Gasteiger partial charge on any atom is 0.272 e. The van der Waals surface area contributed by atoms with E-state index in [1.807, 2.05) is 43.3 Å². The Morgan fingerprint density at radius 2 is 2.05 bits per heavy atom. The maximum atomic E-state index is 12.1. The molecule has 94 valence electrons. The molecule has 0 atom stereocenters. The summed E-state index contributed by atoms with van der Waals surface area (Å²) in [6.45, 7) is 1.94. The van der Waals surface area contributed by atoms with Gasteiger partial charge in [-0.25, -0.2) is 0 Å². The van der Waals surface area contributed by atoms with Gasteiger partial charge in [0.15, 0.2) is 0 Å². The average molecular weight is 251 g/mol. The molecule has 2 N–H and O–H groups in total. The van der Waals surface area contributed by atoms with Crippen LogP contribution in [0, 0.1) is 6.92 Å². The molecule has 0 saturated heterocycles. The fourth-order valence-electron chi connectivity index (χ4n) is 2.02. The number of para-hydroxylation sites is 1. The Labute approximate surface area is 110 Å². The quantitative estimate of drug-likeness (QED) is 0.735. The number of hydrogen-bond acceptors (Lipinski definition) is 2. The van der Waals surface area contributed by atoms with Crippen molar-refractivity contribution in [2.45, 2.75) is 6.92 Å². The number of anilines is 1. The van der Waals surface area contributed by atoms with Gasteiger partial charge in [0, 0.05) is 17.1 Å². The Morgan fingerprint density at radius 3 is 2.84 bits per heavy atom. The standard InChI is InChI=1S/C15H13N3O/c1-10-6-12(9-16-8-10)17-15(19)14-7-11-4-2-3-5-13(11)18-14/h2-9,18H,1H3,(H,17,19). The van der Waals surface area contributed by atoms with Crippen LogP contribution in [0.15, 0.2) is 48.8 Å². The molecule has 0 saturated carbocycles. The monoisotopic (exact) mass is 251 g/mol. The number of aryl methyl sites for hydroxylation is 1. The van der Waals surface area contributed by atoms with E-state index in [0.29, 0.717) is 11.4 Å². The molecular formula is C15H13N3O. The molecule has 0 unspecified atom stereocenters. The number of fused-ring (bicyclic) bond motifs is 1. The minimum absolute atomic E-state index is 0.163. The van der Waals surface area contributed by atoms with Crippen molar-refractivity contribution in [2.75, 3.05) is 5.32 Å². The SMILES string of the molecule is Cc1cncc(NC(=O)c2cc3ccccc3[nH]2)c1. The lowest BCUT2D eigenvalue weighted by atomic mass is 10.2. The van der Waals surface area contributed by atoms with Gasteiger partial charge in [-0.05, 0) is 30.7 Å². The van der Waals surface area contributed by atoms with E-state index in [1.165, 1.54) is 0 Å². The van der Waals surface area contributed by atoms with E-state index in [0.717, 1.165) is 16.5 Å². The first-order valence-corrected chi connectivity index (χ1v) is 6.03. The number of nitrogens with one attached hydrogen (secondary N) is 2. The van der Waals surface area contributed by atoms with Crippen LogP contribution in [0.4, 0.5) is 5.69 Å². The van der Waals surface area contributed by atoms with E-state index >= 15 is 0 Å². The van der Waals surface area contributed by atoms with Crippen LogP contribution in [0.2, 0.25) is 0 Å². The highest BCUT2D eigenvalue weighted by Gasteiger charge is 2.09. The lowest BCUT2D eigenvalue weighted by molar-refractivity contribution is 0.102. The van der Waals surface area contributed by atoms with Gasteiger partial charge >= 0.3 is 0 Å². The summed E-state index contributed by atoms with van der Waals surface area (Å²) in [5.41, 5.74) is 3.20. The number of aromatic nitrogens is 2. The van der Waals surface area contributed by atoms with Crippen molar-refractivity contribution in [2.24, 2.45) is 0 Å². The summed E-state index contributed by atoms with van der Waals surface area (Å²) in [4.78, 5) is 19.3. The van der Waals surface area contributed by atoms with Crippen molar-refractivity contribution in [1.82, 2.24) is 9.97 Å². The number of H-pyrrole nitrogens is 1. The van der Waals surface area contributed by atoms with Crippen molar-refractivity contribution in [1.29, 1.82) is 0 Å². The molecule has 0 bridgehead atoms. The van der Waals surface area contributed by atoms with Gasteiger partial charge in [-0.2, -0.15) is 0 Å². The summed E-state index contributed by atoms with van der Waals surface area (Å²) in [6, 6.07) is 11.5. The molecule has 3 aromatic rings. The lowest BCUT2D eigenvalue weighted by Crippen LogP contribution is -2.12. The van der Waals surface area contributed by atoms with Crippen molar-refractivity contribution >= 4 is 22.5 Å². The van der Waals surface area contributed by atoms with E-state index in [9.17, 15) is 4.79 Å². The summed E-state index contributed by atoms with van der Waals surface area (Å²) in [6.07, 6.45) is 3.38. The van der Waals surface area contributed by atoms with Gasteiger partial charge in [0.05, 0.1) is 11.9 Å². The topological polar surface area (TPSA) is 57.8 Å². The highest BCUT2D eigenvalue weighted by molar-refractivity contribution is 6.05. The molecule has 0 fully saturated rings. The third-order valence-electron chi connectivity index (χ3n) is 2.91. The molecule has 4 nitrogen and oxygen atoms in total. The molecule has 1 amide bonds. The van der Waals surface area contributed by atoms with Gasteiger partial charge < -0.3 is 10.3 Å². The molecule has 0 radical (unpaired) electrons. The first-order chi connectivity index (χ1) is 9.22. The minimum atomic E-state index is -0.163. The Kier molecular flexibility index (Phi) is 2.76. The third kappa shape index (κ3) is 2.33. The number of amides is 1. The normalized spacial score (nSPS) is 10.6. The van der Waals surface area contributed by atoms with Crippen LogP contribution in [-0.2, 0) is 0 Å². The molecule has 2 heterocycles. The first-order valence-electron chi connectivity index (χ1n) is 6.03. The van der Waals surface area contributed by atoms with Crippen molar-refractivity contribution in [3.05, 3.63) is 60.0 Å². The van der Waals surface area contributed by atoms with Crippen molar-refractivity contribution < 1.29 is 4.79 Å². The molecule has 3 rings (SSSR count). The Bertz CT molecular complexity index is 713. The highest BCUT2D eigenvalue weighted by atomic mass is 16.1. The molecule has 0 aliphatic heterocycles. The van der Waals surface area contributed by atoms with Gasteiger partial charge in [0.1, 0.15) is 5.69 Å². The van der Waals surface area contributed by atoms with Gasteiger partial charge in [-0.15, -0.1) is 0 Å². The zero-order valence-electron chi connectivity index (χ0n) is 10.5. The fraction of sp³-hybridized carbons (Fsp3) is 0.0667. The predicted octanol–water partition coefficient (Wildman–Crippen LogP) is 3.12. The summed E-state index contributed by atoms with van der Waals surface area (Å²) in [5.74, 6) is -0.163. The molecule has 1 aromatic carbocycles. The number of pyridine rings is 1. The van der Waals surface area contributed by atoms with Crippen LogP contribution in [0.25, 0.3) is 10.9 Å². The molecule has 19 heavy (non-hydrogen) atoms. The van der Waals surface area contributed by atoms with Gasteiger partial charge in [0.2, 0.25) is 0 Å². The van der Waals surface area contributed by atoms with E-state index in [1.54, 1.807) is 12.4 Å². The number of nitrogens with zero attached hydrogens (tertiary/aromatic N) is 1. The molecular weight excluding hydrogens is 238 g/mol. The Hall–Kier alpha value is -2.62.